The number of rotatable bonds is 6. The van der Waals surface area contributed by atoms with Gasteiger partial charge in [-0.3, -0.25) is 4.79 Å². The van der Waals surface area contributed by atoms with Crippen molar-refractivity contribution in [2.75, 3.05) is 25.5 Å². The number of furan rings is 1. The van der Waals surface area contributed by atoms with Crippen molar-refractivity contribution in [2.45, 2.75) is 37.3 Å². The van der Waals surface area contributed by atoms with Crippen LogP contribution in [0, 0.1) is 0 Å². The lowest BCUT2D eigenvalue weighted by Crippen LogP contribution is -2.42. The van der Waals surface area contributed by atoms with Crippen LogP contribution in [0.4, 0.5) is 5.13 Å². The Morgan fingerprint density at radius 2 is 2.15 bits per heavy atom. The monoisotopic (exact) mass is 398 g/mol. The normalized spacial score (nSPS) is 16.0. The van der Waals surface area contributed by atoms with Gasteiger partial charge >= 0.3 is 0 Å². The molecule has 0 unspecified atom stereocenters. The van der Waals surface area contributed by atoms with Crippen LogP contribution >= 0.6 is 11.3 Å². The summed E-state index contributed by atoms with van der Waals surface area (Å²) < 4.78 is 30.6. The van der Waals surface area contributed by atoms with Gasteiger partial charge in [0, 0.05) is 30.6 Å². The zero-order chi connectivity index (χ0) is 18.7. The van der Waals surface area contributed by atoms with E-state index < -0.39 is 10.0 Å². The Morgan fingerprint density at radius 1 is 1.42 bits per heavy atom. The lowest BCUT2D eigenvalue weighted by atomic mass is 10.0. The smallest absolute Gasteiger partial charge is 0.273 e. The van der Waals surface area contributed by atoms with Crippen LogP contribution in [0.25, 0.3) is 0 Å². The van der Waals surface area contributed by atoms with Crippen LogP contribution in [0.3, 0.4) is 0 Å². The largest absolute Gasteiger partial charge is 0.451 e. The summed E-state index contributed by atoms with van der Waals surface area (Å²) in [6.45, 7) is 3.27. The van der Waals surface area contributed by atoms with Crippen LogP contribution in [0.5, 0.6) is 0 Å². The maximum Gasteiger partial charge on any atom is 0.273 e. The van der Waals surface area contributed by atoms with Crippen molar-refractivity contribution in [1.82, 2.24) is 14.6 Å². The van der Waals surface area contributed by atoms with Crippen molar-refractivity contribution >= 4 is 32.4 Å². The number of carbonyl (C=O) groups is 1. The summed E-state index contributed by atoms with van der Waals surface area (Å²) in [5.41, 5.74) is 1.33. The van der Waals surface area contributed by atoms with Crippen LogP contribution in [0.15, 0.2) is 27.2 Å². The quantitative estimate of drug-likeness (QED) is 0.770. The molecule has 3 rings (SSSR count). The van der Waals surface area contributed by atoms with Crippen molar-refractivity contribution in [3.8, 4) is 0 Å². The highest BCUT2D eigenvalue weighted by atomic mass is 32.2. The highest BCUT2D eigenvalue weighted by Crippen LogP contribution is 2.22. The fraction of sp³-hybridized carbons (Fsp3) is 0.500. The van der Waals surface area contributed by atoms with E-state index in [9.17, 15) is 13.2 Å². The summed E-state index contributed by atoms with van der Waals surface area (Å²) >= 11 is 1.60. The number of carbonyl (C=O) groups excluding carboxylic acids is 1. The molecule has 3 heterocycles. The molecule has 0 aliphatic carbocycles. The molecule has 1 saturated heterocycles. The molecule has 0 radical (unpaired) electrons. The van der Waals surface area contributed by atoms with Gasteiger partial charge < -0.3 is 14.6 Å². The van der Waals surface area contributed by atoms with Gasteiger partial charge in [0.2, 0.25) is 5.09 Å². The van der Waals surface area contributed by atoms with Crippen LogP contribution in [0.2, 0.25) is 0 Å². The van der Waals surface area contributed by atoms with Crippen molar-refractivity contribution in [2.24, 2.45) is 0 Å². The predicted octanol–water partition coefficient (Wildman–Crippen LogP) is 1.92. The third-order valence-electron chi connectivity index (χ3n) is 4.38. The van der Waals surface area contributed by atoms with Gasteiger partial charge in [-0.2, -0.15) is 0 Å². The molecule has 0 aromatic carbocycles. The minimum absolute atomic E-state index is 0.215. The minimum Gasteiger partial charge on any atom is -0.451 e. The number of hydrogen-bond acceptors (Lipinski definition) is 7. The number of aromatic nitrogens is 1. The molecule has 1 amide bonds. The van der Waals surface area contributed by atoms with Gasteiger partial charge in [0.05, 0.1) is 11.3 Å². The second kappa shape index (κ2) is 7.77. The van der Waals surface area contributed by atoms with Crippen LogP contribution in [-0.2, 0) is 16.4 Å². The zero-order valence-electron chi connectivity index (χ0n) is 14.7. The Kier molecular flexibility index (Phi) is 5.64. The molecule has 0 saturated carbocycles. The maximum atomic E-state index is 12.6. The van der Waals surface area contributed by atoms with E-state index in [0.717, 1.165) is 30.1 Å². The Bertz CT molecular complexity index is 866. The number of aryl methyl sites for hydroxylation is 1. The molecule has 2 aromatic heterocycles. The molecular formula is C16H22N4O4S2. The third kappa shape index (κ3) is 4.08. The van der Waals surface area contributed by atoms with E-state index >= 15 is 0 Å². The molecule has 142 valence electrons. The molecule has 10 heteroatoms. The van der Waals surface area contributed by atoms with Crippen molar-refractivity contribution in [3.63, 3.8) is 0 Å². The number of sulfonamides is 1. The van der Waals surface area contributed by atoms with Crippen molar-refractivity contribution < 1.29 is 17.6 Å². The standard InChI is InChI=1S/C16H22N4O4S2/c1-3-12-10-25-16(18-12)19-13-4-6-20(7-5-13)15(21)11-8-14(24-9-11)26(22,23)17-2/h8-10,13,17H,3-7H2,1-2H3,(H,18,19). The molecule has 2 aromatic rings. The summed E-state index contributed by atoms with van der Waals surface area (Å²) in [6.07, 6.45) is 3.73. The summed E-state index contributed by atoms with van der Waals surface area (Å²) in [7, 11) is -2.39. The van der Waals surface area contributed by atoms with Crippen molar-refractivity contribution in [1.29, 1.82) is 0 Å². The number of likely N-dealkylation sites (tertiary alicyclic amines) is 1. The molecule has 1 aliphatic heterocycles. The van der Waals surface area contributed by atoms with E-state index in [1.165, 1.54) is 19.4 Å². The molecule has 0 bridgehead atoms. The first kappa shape index (κ1) is 18.9. The molecular weight excluding hydrogens is 376 g/mol. The zero-order valence-corrected chi connectivity index (χ0v) is 16.3. The lowest BCUT2D eigenvalue weighted by molar-refractivity contribution is 0.0718. The van der Waals surface area contributed by atoms with E-state index in [4.69, 9.17) is 4.42 Å². The van der Waals surface area contributed by atoms with Gasteiger partial charge in [-0.05, 0) is 26.3 Å². The van der Waals surface area contributed by atoms with Gasteiger partial charge in [0.25, 0.3) is 15.9 Å². The molecule has 2 N–H and O–H groups in total. The van der Waals surface area contributed by atoms with Gasteiger partial charge in [0.15, 0.2) is 5.13 Å². The number of thiazole rings is 1. The van der Waals surface area contributed by atoms with E-state index in [2.05, 4.69) is 27.3 Å². The van der Waals surface area contributed by atoms with Crippen LogP contribution in [-0.4, -0.2) is 50.4 Å². The number of nitrogens with one attached hydrogen (secondary N) is 2. The summed E-state index contributed by atoms with van der Waals surface area (Å²) in [5, 5.41) is 6.15. The number of anilines is 1. The SMILES string of the molecule is CCc1csc(NC2CCN(C(=O)c3coc(S(=O)(=O)NC)c3)CC2)n1. The summed E-state index contributed by atoms with van der Waals surface area (Å²) in [6, 6.07) is 1.54. The van der Waals surface area contributed by atoms with Crippen LogP contribution < -0.4 is 10.0 Å². The molecule has 0 spiro atoms. The average molecular weight is 399 g/mol. The van der Waals surface area contributed by atoms with E-state index in [0.29, 0.717) is 13.1 Å². The average Bonchev–Trinajstić information content (AvgIpc) is 3.31. The Hall–Kier alpha value is -1.91. The fourth-order valence-electron chi connectivity index (χ4n) is 2.79. The highest BCUT2D eigenvalue weighted by Gasteiger charge is 2.26. The molecule has 0 atom stereocenters. The molecule has 1 aliphatic rings. The predicted molar refractivity (Wildman–Crippen MR) is 99.0 cm³/mol. The first-order chi connectivity index (χ1) is 12.4. The number of piperidine rings is 1. The van der Waals surface area contributed by atoms with E-state index in [1.807, 2.05) is 0 Å². The van der Waals surface area contributed by atoms with Gasteiger partial charge in [-0.25, -0.2) is 18.1 Å². The highest BCUT2D eigenvalue weighted by molar-refractivity contribution is 7.89. The van der Waals surface area contributed by atoms with Crippen molar-refractivity contribution in [3.05, 3.63) is 29.0 Å². The first-order valence-corrected chi connectivity index (χ1v) is 10.8. The molecule has 26 heavy (non-hydrogen) atoms. The Morgan fingerprint density at radius 3 is 2.77 bits per heavy atom. The summed E-state index contributed by atoms with van der Waals surface area (Å²) in [4.78, 5) is 18.8. The van der Waals surface area contributed by atoms with Gasteiger partial charge in [-0.1, -0.05) is 6.92 Å². The van der Waals surface area contributed by atoms with Gasteiger partial charge in [-0.15, -0.1) is 11.3 Å². The lowest BCUT2D eigenvalue weighted by Gasteiger charge is -2.32. The number of hydrogen-bond donors (Lipinski definition) is 2. The first-order valence-electron chi connectivity index (χ1n) is 8.45. The van der Waals surface area contributed by atoms with E-state index in [1.54, 1.807) is 16.2 Å². The van der Waals surface area contributed by atoms with E-state index in [-0.39, 0.29) is 22.6 Å². The Labute approximate surface area is 156 Å². The second-order valence-electron chi connectivity index (χ2n) is 6.07. The topological polar surface area (TPSA) is 105 Å². The minimum atomic E-state index is -3.69. The summed E-state index contributed by atoms with van der Waals surface area (Å²) in [5.74, 6) is -0.215. The molecule has 8 nitrogen and oxygen atoms in total. The number of nitrogens with zero attached hydrogens (tertiary/aromatic N) is 2. The maximum absolute atomic E-state index is 12.6. The molecule has 1 fully saturated rings. The Balaban J connectivity index is 1.56. The number of amides is 1. The van der Waals surface area contributed by atoms with Crippen LogP contribution in [0.1, 0.15) is 35.8 Å². The third-order valence-corrected chi connectivity index (χ3v) is 6.48. The van der Waals surface area contributed by atoms with Gasteiger partial charge in [0.1, 0.15) is 6.26 Å². The second-order valence-corrected chi connectivity index (χ2v) is 8.75. The fourth-order valence-corrected chi connectivity index (χ4v) is 4.32.